The number of halogens is 5. The Hall–Kier alpha value is -0.910. The van der Waals surface area contributed by atoms with E-state index < -0.39 is 46.3 Å². The molecule has 0 bridgehead atoms. The van der Waals surface area contributed by atoms with E-state index in [2.05, 4.69) is 11.9 Å². The van der Waals surface area contributed by atoms with Gasteiger partial charge >= 0.3 is 5.97 Å². The van der Waals surface area contributed by atoms with Crippen LogP contribution in [0.5, 0.6) is 0 Å². The van der Waals surface area contributed by atoms with Crippen LogP contribution < -0.4 is 5.32 Å². The number of nitrogens with zero attached hydrogens (tertiary/aromatic N) is 2. The highest BCUT2D eigenvalue weighted by molar-refractivity contribution is 6.67. The molecule has 0 radical (unpaired) electrons. The molecule has 1 rings (SSSR count). The number of esters is 1. The minimum atomic E-state index is -1.84. The molecule has 144 valence electrons. The summed E-state index contributed by atoms with van der Waals surface area (Å²) in [5.41, 5.74) is 0.155. The molecule has 3 unspecified atom stereocenters. The van der Waals surface area contributed by atoms with Gasteiger partial charge in [-0.15, -0.1) is 23.2 Å². The van der Waals surface area contributed by atoms with Crippen LogP contribution in [0.1, 0.15) is 6.42 Å². The Kier molecular flexibility index (Phi) is 8.77. The number of likely N-dealkylation sites (tertiary alicyclic amines) is 1. The van der Waals surface area contributed by atoms with E-state index in [1.54, 1.807) is 6.07 Å². The summed E-state index contributed by atoms with van der Waals surface area (Å²) in [4.78, 5) is 37.4. The quantitative estimate of drug-likeness (QED) is 0.256. The number of nitriles is 1. The molecule has 1 aliphatic heterocycles. The van der Waals surface area contributed by atoms with Gasteiger partial charge in [0.1, 0.15) is 18.7 Å². The summed E-state index contributed by atoms with van der Waals surface area (Å²) in [5, 5.41) is 11.3. The Balaban J connectivity index is 2.92. The zero-order valence-electron chi connectivity index (χ0n) is 13.2. The number of alkyl halides is 5. The Morgan fingerprint density at radius 1 is 1.42 bits per heavy atom. The van der Waals surface area contributed by atoms with E-state index in [0.29, 0.717) is 0 Å². The lowest BCUT2D eigenvalue weighted by atomic mass is 9.99. The van der Waals surface area contributed by atoms with Gasteiger partial charge in [-0.25, -0.2) is 4.79 Å². The van der Waals surface area contributed by atoms with Crippen molar-refractivity contribution in [2.75, 3.05) is 18.4 Å². The number of ether oxygens (including phenoxy) is 1. The van der Waals surface area contributed by atoms with E-state index in [1.807, 2.05) is 0 Å². The van der Waals surface area contributed by atoms with Crippen LogP contribution in [0, 0.1) is 17.2 Å². The SMILES string of the molecule is C=C(CCl)C(C(=O)OCC(Cl)(Cl)Cl)N1C(=O)CC1NC(=O)C(C#N)CCl. The minimum absolute atomic E-state index is 0.0734. The summed E-state index contributed by atoms with van der Waals surface area (Å²) in [6, 6.07) is 0.457. The van der Waals surface area contributed by atoms with Gasteiger partial charge in [0.05, 0.1) is 12.5 Å². The number of hydrogen-bond donors (Lipinski definition) is 1. The topological polar surface area (TPSA) is 99.5 Å². The second-order valence-electron chi connectivity index (χ2n) is 5.28. The molecule has 0 aromatic rings. The number of β-lactam (4-membered cyclic amide) rings is 1. The zero-order valence-corrected chi connectivity index (χ0v) is 17.0. The van der Waals surface area contributed by atoms with E-state index in [4.69, 9.17) is 68.0 Å². The van der Waals surface area contributed by atoms with E-state index in [-0.39, 0.29) is 23.8 Å². The maximum atomic E-state index is 12.3. The van der Waals surface area contributed by atoms with E-state index in [0.717, 1.165) is 4.90 Å². The molecule has 0 spiro atoms. The van der Waals surface area contributed by atoms with Gasteiger partial charge in [0.2, 0.25) is 15.6 Å². The van der Waals surface area contributed by atoms with Crippen molar-refractivity contribution < 1.29 is 19.1 Å². The van der Waals surface area contributed by atoms with Gasteiger partial charge < -0.3 is 15.0 Å². The third kappa shape index (κ3) is 6.07. The van der Waals surface area contributed by atoms with Gasteiger partial charge in [0, 0.05) is 11.8 Å². The third-order valence-electron chi connectivity index (χ3n) is 3.37. The smallest absolute Gasteiger partial charge is 0.333 e. The summed E-state index contributed by atoms with van der Waals surface area (Å²) in [6.45, 7) is 3.09. The number of carbonyl (C=O) groups excluding carboxylic acids is 3. The van der Waals surface area contributed by atoms with Crippen molar-refractivity contribution in [1.29, 1.82) is 5.26 Å². The van der Waals surface area contributed by atoms with Gasteiger partial charge in [-0.3, -0.25) is 9.59 Å². The fourth-order valence-corrected chi connectivity index (χ4v) is 2.60. The van der Waals surface area contributed by atoms with Crippen molar-refractivity contribution in [3.8, 4) is 6.07 Å². The van der Waals surface area contributed by atoms with E-state index in [1.165, 1.54) is 0 Å². The molecular formula is C14H14Cl5N3O4. The number of rotatable bonds is 8. The number of nitrogens with one attached hydrogen (secondary N) is 1. The van der Waals surface area contributed by atoms with Crippen molar-refractivity contribution in [3.05, 3.63) is 12.2 Å². The molecule has 0 aromatic carbocycles. The molecule has 0 aliphatic carbocycles. The molecule has 1 heterocycles. The molecule has 1 fully saturated rings. The van der Waals surface area contributed by atoms with E-state index in [9.17, 15) is 14.4 Å². The van der Waals surface area contributed by atoms with Crippen LogP contribution in [-0.4, -0.2) is 57.1 Å². The first-order chi connectivity index (χ1) is 12.1. The predicted molar refractivity (Wildman–Crippen MR) is 98.1 cm³/mol. The number of hydrogen-bond acceptors (Lipinski definition) is 5. The zero-order chi connectivity index (χ0) is 20.1. The van der Waals surface area contributed by atoms with Gasteiger partial charge in [-0.05, 0) is 5.57 Å². The highest BCUT2D eigenvalue weighted by Crippen LogP contribution is 2.29. The van der Waals surface area contributed by atoms with Crippen LogP contribution in [0.15, 0.2) is 12.2 Å². The molecule has 0 aromatic heterocycles. The van der Waals surface area contributed by atoms with Crippen LogP contribution >= 0.6 is 58.0 Å². The van der Waals surface area contributed by atoms with Crippen molar-refractivity contribution in [1.82, 2.24) is 10.2 Å². The maximum Gasteiger partial charge on any atom is 0.333 e. The molecule has 3 atom stereocenters. The third-order valence-corrected chi connectivity index (χ3v) is 4.34. The average Bonchev–Trinajstić information content (AvgIpc) is 2.56. The minimum Gasteiger partial charge on any atom is -0.459 e. The van der Waals surface area contributed by atoms with Gasteiger partial charge in [0.15, 0.2) is 6.04 Å². The van der Waals surface area contributed by atoms with Crippen molar-refractivity contribution >= 4 is 75.8 Å². The molecule has 2 amide bonds. The van der Waals surface area contributed by atoms with Crippen LogP contribution in [-0.2, 0) is 19.1 Å². The van der Waals surface area contributed by atoms with Crippen LogP contribution in [0.4, 0.5) is 0 Å². The first-order valence-corrected chi connectivity index (χ1v) is 9.30. The molecule has 7 nitrogen and oxygen atoms in total. The molecule has 12 heteroatoms. The Labute approximate surface area is 175 Å². The first-order valence-electron chi connectivity index (χ1n) is 7.09. The first kappa shape index (κ1) is 23.1. The normalized spacial score (nSPS) is 19.0. The fraction of sp³-hybridized carbons (Fsp3) is 0.571. The highest BCUT2D eigenvalue weighted by atomic mass is 35.6. The van der Waals surface area contributed by atoms with Crippen molar-refractivity contribution in [3.63, 3.8) is 0 Å². The summed E-state index contributed by atoms with van der Waals surface area (Å²) in [6.07, 6.45) is -0.921. The summed E-state index contributed by atoms with van der Waals surface area (Å²) >= 11 is 27.9. The van der Waals surface area contributed by atoms with Gasteiger partial charge in [-0.1, -0.05) is 41.4 Å². The van der Waals surface area contributed by atoms with Gasteiger partial charge in [0.25, 0.3) is 0 Å². The fourth-order valence-electron chi connectivity index (χ4n) is 2.08. The lowest BCUT2D eigenvalue weighted by molar-refractivity contribution is -0.165. The number of carbonyl (C=O) groups is 3. The maximum absolute atomic E-state index is 12.3. The van der Waals surface area contributed by atoms with Crippen molar-refractivity contribution in [2.45, 2.75) is 22.4 Å². The van der Waals surface area contributed by atoms with Crippen molar-refractivity contribution in [2.24, 2.45) is 5.92 Å². The Morgan fingerprint density at radius 2 is 2.04 bits per heavy atom. The monoisotopic (exact) mass is 463 g/mol. The predicted octanol–water partition coefficient (Wildman–Crippen LogP) is 2.12. The summed E-state index contributed by atoms with van der Waals surface area (Å²) in [5.74, 6) is -3.50. The lowest BCUT2D eigenvalue weighted by Crippen LogP contribution is -2.67. The Bertz CT molecular complexity index is 631. The molecule has 1 N–H and O–H groups in total. The van der Waals surface area contributed by atoms with Gasteiger partial charge in [-0.2, -0.15) is 5.26 Å². The largest absolute Gasteiger partial charge is 0.459 e. The molecular weight excluding hydrogens is 451 g/mol. The Morgan fingerprint density at radius 3 is 2.46 bits per heavy atom. The van der Waals surface area contributed by atoms with E-state index >= 15 is 0 Å². The average molecular weight is 466 g/mol. The highest BCUT2D eigenvalue weighted by Gasteiger charge is 2.46. The standard InChI is InChI=1S/C14H14Cl5N3O4/c1-7(3-15)11(13(25)26-6-14(17,18)19)22-9(2-10(22)23)21-12(24)8(4-16)5-20/h8-9,11H,1-4,6H2,(H,21,24). The second kappa shape index (κ2) is 9.86. The molecule has 0 saturated carbocycles. The number of amides is 2. The summed E-state index contributed by atoms with van der Waals surface area (Å²) in [7, 11) is 0. The summed E-state index contributed by atoms with van der Waals surface area (Å²) < 4.78 is 3.07. The lowest BCUT2D eigenvalue weighted by Gasteiger charge is -2.45. The van der Waals surface area contributed by atoms with Crippen LogP contribution in [0.3, 0.4) is 0 Å². The molecule has 26 heavy (non-hydrogen) atoms. The van der Waals surface area contributed by atoms with Crippen LogP contribution in [0.2, 0.25) is 0 Å². The molecule has 1 aliphatic rings. The van der Waals surface area contributed by atoms with Crippen LogP contribution in [0.25, 0.3) is 0 Å². The molecule has 1 saturated heterocycles. The second-order valence-corrected chi connectivity index (χ2v) is 8.37.